The molecule has 15 heavy (non-hydrogen) atoms. The van der Waals surface area contributed by atoms with Crippen LogP contribution in [0.2, 0.25) is 0 Å². The molecule has 1 unspecified atom stereocenters. The van der Waals surface area contributed by atoms with Crippen molar-refractivity contribution >= 4 is 5.97 Å². The second kappa shape index (κ2) is 5.91. The lowest BCUT2D eigenvalue weighted by Gasteiger charge is -2.35. The molecule has 0 aromatic rings. The monoisotopic (exact) mass is 211 g/mol. The molecule has 0 spiro atoms. The molecule has 3 heteroatoms. The van der Waals surface area contributed by atoms with Crippen LogP contribution < -0.4 is 0 Å². The average Bonchev–Trinajstić information content (AvgIpc) is 2.15. The molecule has 1 heterocycles. The molecule has 1 rings (SSSR count). The summed E-state index contributed by atoms with van der Waals surface area (Å²) in [6.45, 7) is 7.97. The van der Waals surface area contributed by atoms with E-state index in [0.29, 0.717) is 6.04 Å². The van der Waals surface area contributed by atoms with E-state index in [0.717, 1.165) is 31.5 Å². The van der Waals surface area contributed by atoms with E-state index in [9.17, 15) is 4.79 Å². The van der Waals surface area contributed by atoms with Crippen molar-refractivity contribution in [1.29, 1.82) is 0 Å². The van der Waals surface area contributed by atoms with Crippen molar-refractivity contribution in [3.05, 3.63) is 12.2 Å². The van der Waals surface area contributed by atoms with Crippen LogP contribution in [-0.2, 0) is 4.79 Å². The van der Waals surface area contributed by atoms with Crippen LogP contribution in [0, 0.1) is 0 Å². The van der Waals surface area contributed by atoms with Crippen LogP contribution >= 0.6 is 0 Å². The van der Waals surface area contributed by atoms with Gasteiger partial charge in [0.2, 0.25) is 0 Å². The molecule has 1 aliphatic heterocycles. The van der Waals surface area contributed by atoms with Crippen molar-refractivity contribution in [2.75, 3.05) is 13.1 Å². The van der Waals surface area contributed by atoms with Gasteiger partial charge in [0.05, 0.1) is 0 Å². The van der Waals surface area contributed by atoms with Crippen LogP contribution in [0.25, 0.3) is 0 Å². The Hall–Kier alpha value is -0.830. The minimum Gasteiger partial charge on any atom is -0.481 e. The standard InChI is InChI=1S/C12H21NO2/c1-10(2)9-13-8-4-3-5-11(13)6-7-12(14)15/h11H,1,3-9H2,2H3,(H,14,15). The van der Waals surface area contributed by atoms with Crippen molar-refractivity contribution in [2.24, 2.45) is 0 Å². The number of carbonyl (C=O) groups is 1. The van der Waals surface area contributed by atoms with Gasteiger partial charge in [-0.3, -0.25) is 9.69 Å². The predicted molar refractivity (Wildman–Crippen MR) is 60.9 cm³/mol. The van der Waals surface area contributed by atoms with E-state index >= 15 is 0 Å². The van der Waals surface area contributed by atoms with Gasteiger partial charge in [-0.2, -0.15) is 0 Å². The van der Waals surface area contributed by atoms with Gasteiger partial charge in [0.15, 0.2) is 0 Å². The van der Waals surface area contributed by atoms with Gasteiger partial charge in [0.25, 0.3) is 0 Å². The molecule has 3 nitrogen and oxygen atoms in total. The number of hydrogen-bond acceptors (Lipinski definition) is 2. The van der Waals surface area contributed by atoms with Crippen molar-refractivity contribution < 1.29 is 9.90 Å². The smallest absolute Gasteiger partial charge is 0.303 e. The van der Waals surface area contributed by atoms with E-state index in [1.807, 2.05) is 6.92 Å². The summed E-state index contributed by atoms with van der Waals surface area (Å²) >= 11 is 0. The zero-order chi connectivity index (χ0) is 11.3. The zero-order valence-corrected chi connectivity index (χ0v) is 9.54. The summed E-state index contributed by atoms with van der Waals surface area (Å²) < 4.78 is 0. The SMILES string of the molecule is C=C(C)CN1CCCCC1CCC(=O)O. The highest BCUT2D eigenvalue weighted by Crippen LogP contribution is 2.21. The molecule has 1 saturated heterocycles. The zero-order valence-electron chi connectivity index (χ0n) is 9.54. The first-order chi connectivity index (χ1) is 7.09. The summed E-state index contributed by atoms with van der Waals surface area (Å²) in [5, 5.41) is 8.68. The third-order valence-electron chi connectivity index (χ3n) is 2.91. The lowest BCUT2D eigenvalue weighted by atomic mass is 9.97. The van der Waals surface area contributed by atoms with E-state index in [1.54, 1.807) is 0 Å². The number of nitrogens with zero attached hydrogens (tertiary/aromatic N) is 1. The molecule has 1 aliphatic rings. The first-order valence-electron chi connectivity index (χ1n) is 5.70. The summed E-state index contributed by atoms with van der Waals surface area (Å²) in [4.78, 5) is 12.9. The van der Waals surface area contributed by atoms with Crippen molar-refractivity contribution in [1.82, 2.24) is 4.90 Å². The molecule has 1 atom stereocenters. The Morgan fingerprint density at radius 2 is 2.27 bits per heavy atom. The molecule has 0 amide bonds. The van der Waals surface area contributed by atoms with E-state index in [-0.39, 0.29) is 6.42 Å². The molecule has 0 aromatic carbocycles. The number of piperidine rings is 1. The maximum atomic E-state index is 10.5. The fraction of sp³-hybridized carbons (Fsp3) is 0.750. The summed E-state index contributed by atoms with van der Waals surface area (Å²) in [7, 11) is 0. The summed E-state index contributed by atoms with van der Waals surface area (Å²) in [6, 6.07) is 0.451. The first-order valence-corrected chi connectivity index (χ1v) is 5.70. The summed E-state index contributed by atoms with van der Waals surface area (Å²) in [6.07, 6.45) is 4.67. The number of hydrogen-bond donors (Lipinski definition) is 1. The second-order valence-electron chi connectivity index (χ2n) is 4.51. The molecular weight excluding hydrogens is 190 g/mol. The minimum absolute atomic E-state index is 0.289. The second-order valence-corrected chi connectivity index (χ2v) is 4.51. The van der Waals surface area contributed by atoms with Crippen LogP contribution in [0.5, 0.6) is 0 Å². The molecule has 1 fully saturated rings. The molecule has 0 aromatic heterocycles. The number of likely N-dealkylation sites (tertiary alicyclic amines) is 1. The highest BCUT2D eigenvalue weighted by atomic mass is 16.4. The number of rotatable bonds is 5. The quantitative estimate of drug-likeness (QED) is 0.709. The molecule has 86 valence electrons. The van der Waals surface area contributed by atoms with Gasteiger partial charge in [-0.1, -0.05) is 18.6 Å². The number of aliphatic carboxylic acids is 1. The minimum atomic E-state index is -0.684. The van der Waals surface area contributed by atoms with Gasteiger partial charge in [-0.15, -0.1) is 0 Å². The molecule has 1 N–H and O–H groups in total. The fourth-order valence-electron chi connectivity index (χ4n) is 2.23. The normalized spacial score (nSPS) is 22.6. The Bertz CT molecular complexity index is 238. The average molecular weight is 211 g/mol. The highest BCUT2D eigenvalue weighted by molar-refractivity contribution is 5.66. The van der Waals surface area contributed by atoms with Gasteiger partial charge in [-0.25, -0.2) is 0 Å². The Morgan fingerprint density at radius 3 is 2.87 bits per heavy atom. The predicted octanol–water partition coefficient (Wildman–Crippen LogP) is 2.28. The van der Waals surface area contributed by atoms with E-state index in [4.69, 9.17) is 5.11 Å². The van der Waals surface area contributed by atoms with Crippen LogP contribution in [0.4, 0.5) is 0 Å². The Balaban J connectivity index is 2.42. The topological polar surface area (TPSA) is 40.5 Å². The Kier molecular flexibility index (Phi) is 4.82. The van der Waals surface area contributed by atoms with E-state index in [2.05, 4.69) is 11.5 Å². The van der Waals surface area contributed by atoms with Gasteiger partial charge in [0.1, 0.15) is 0 Å². The van der Waals surface area contributed by atoms with Crippen LogP contribution in [0.1, 0.15) is 39.0 Å². The van der Waals surface area contributed by atoms with Gasteiger partial charge >= 0.3 is 5.97 Å². The van der Waals surface area contributed by atoms with Crippen molar-refractivity contribution in [3.8, 4) is 0 Å². The maximum absolute atomic E-state index is 10.5. The van der Waals surface area contributed by atoms with E-state index < -0.39 is 5.97 Å². The number of carboxylic acid groups (broad SMARTS) is 1. The Morgan fingerprint density at radius 1 is 1.53 bits per heavy atom. The number of carboxylic acids is 1. The highest BCUT2D eigenvalue weighted by Gasteiger charge is 2.22. The maximum Gasteiger partial charge on any atom is 0.303 e. The largest absolute Gasteiger partial charge is 0.481 e. The third kappa shape index (κ3) is 4.47. The molecule has 0 aliphatic carbocycles. The lowest BCUT2D eigenvalue weighted by molar-refractivity contribution is -0.137. The molecular formula is C12H21NO2. The molecule has 0 radical (unpaired) electrons. The van der Waals surface area contributed by atoms with Crippen molar-refractivity contribution in [2.45, 2.75) is 45.1 Å². The van der Waals surface area contributed by atoms with Crippen LogP contribution in [-0.4, -0.2) is 35.1 Å². The van der Waals surface area contributed by atoms with Crippen LogP contribution in [0.3, 0.4) is 0 Å². The summed E-state index contributed by atoms with van der Waals surface area (Å²) in [5.74, 6) is -0.684. The van der Waals surface area contributed by atoms with Gasteiger partial charge < -0.3 is 5.11 Å². The van der Waals surface area contributed by atoms with E-state index in [1.165, 1.54) is 12.8 Å². The molecule has 0 saturated carbocycles. The Labute approximate surface area is 91.8 Å². The summed E-state index contributed by atoms with van der Waals surface area (Å²) in [5.41, 5.74) is 1.16. The van der Waals surface area contributed by atoms with Crippen LogP contribution in [0.15, 0.2) is 12.2 Å². The van der Waals surface area contributed by atoms with Gasteiger partial charge in [-0.05, 0) is 32.7 Å². The van der Waals surface area contributed by atoms with Crippen molar-refractivity contribution in [3.63, 3.8) is 0 Å². The lowest BCUT2D eigenvalue weighted by Crippen LogP contribution is -2.40. The first kappa shape index (κ1) is 12.2. The fourth-order valence-corrected chi connectivity index (χ4v) is 2.23. The molecule has 0 bridgehead atoms. The third-order valence-corrected chi connectivity index (χ3v) is 2.91. The van der Waals surface area contributed by atoms with Gasteiger partial charge in [0, 0.05) is 19.0 Å².